The fourth-order valence-corrected chi connectivity index (χ4v) is 3.25. The summed E-state index contributed by atoms with van der Waals surface area (Å²) >= 11 is 1.36. The van der Waals surface area contributed by atoms with E-state index in [0.29, 0.717) is 11.5 Å². The summed E-state index contributed by atoms with van der Waals surface area (Å²) in [7, 11) is 0. The summed E-state index contributed by atoms with van der Waals surface area (Å²) in [6, 6.07) is 2.94. The zero-order valence-corrected chi connectivity index (χ0v) is 16.5. The average Bonchev–Trinajstić information content (AvgIpc) is 3.14. The van der Waals surface area contributed by atoms with E-state index in [2.05, 4.69) is 12.2 Å². The molecule has 1 rings (SSSR count). The number of hydrogen-bond donors (Lipinski definition) is 1. The molecule has 0 radical (unpaired) electrons. The number of hydrogen-bond acceptors (Lipinski definition) is 4. The van der Waals surface area contributed by atoms with Gasteiger partial charge in [0.05, 0.1) is 11.5 Å². The highest BCUT2D eigenvalue weighted by Gasteiger charge is 2.18. The van der Waals surface area contributed by atoms with Crippen molar-refractivity contribution in [3.05, 3.63) is 22.4 Å². The molecule has 142 valence electrons. The van der Waals surface area contributed by atoms with Crippen molar-refractivity contribution in [3.63, 3.8) is 0 Å². The van der Waals surface area contributed by atoms with Crippen LogP contribution in [0.5, 0.6) is 0 Å². The van der Waals surface area contributed by atoms with Gasteiger partial charge >= 0.3 is 5.97 Å². The molecule has 0 aliphatic carbocycles. The molecule has 0 aromatic carbocycles. The first-order valence-electron chi connectivity index (χ1n) is 9.66. The molecular weight excluding hydrogens is 334 g/mol. The number of amides is 1. The van der Waals surface area contributed by atoms with Crippen LogP contribution < -0.4 is 5.32 Å². The lowest BCUT2D eigenvalue weighted by atomic mass is 10.1. The molecule has 0 fully saturated rings. The van der Waals surface area contributed by atoms with Crippen LogP contribution in [-0.2, 0) is 9.53 Å². The third-order valence-corrected chi connectivity index (χ3v) is 5.06. The largest absolute Gasteiger partial charge is 0.464 e. The highest BCUT2D eigenvalue weighted by Crippen LogP contribution is 2.11. The van der Waals surface area contributed by atoms with Gasteiger partial charge in [0.1, 0.15) is 6.04 Å². The van der Waals surface area contributed by atoms with Gasteiger partial charge in [-0.05, 0) is 24.8 Å². The molecule has 4 nitrogen and oxygen atoms in total. The van der Waals surface area contributed by atoms with Crippen molar-refractivity contribution in [2.45, 2.75) is 84.1 Å². The van der Waals surface area contributed by atoms with Gasteiger partial charge in [0.15, 0.2) is 0 Å². The molecule has 1 heterocycles. The minimum atomic E-state index is -0.613. The molecule has 0 spiro atoms. The second kappa shape index (κ2) is 13.9. The van der Waals surface area contributed by atoms with Crippen molar-refractivity contribution < 1.29 is 14.3 Å². The summed E-state index contributed by atoms with van der Waals surface area (Å²) in [6.45, 7) is 4.34. The third kappa shape index (κ3) is 10.3. The molecule has 0 aliphatic rings. The standard InChI is InChI=1S/C20H33NO3S/c1-3-4-5-6-7-8-9-10-11-12-15-24-20(23)17(2)21-19(22)18-14-13-16-25-18/h13-14,16-17H,3-12,15H2,1-2H3,(H,21,22). The Morgan fingerprint density at radius 2 is 1.64 bits per heavy atom. The number of esters is 1. The summed E-state index contributed by atoms with van der Waals surface area (Å²) in [5.74, 6) is -0.584. The summed E-state index contributed by atoms with van der Waals surface area (Å²) in [5, 5.41) is 4.51. The highest BCUT2D eigenvalue weighted by atomic mass is 32.1. The first kappa shape index (κ1) is 21.7. The first-order chi connectivity index (χ1) is 12.1. The van der Waals surface area contributed by atoms with E-state index < -0.39 is 6.04 Å². The Balaban J connectivity index is 1.97. The number of rotatable bonds is 14. The normalized spacial score (nSPS) is 11.9. The van der Waals surface area contributed by atoms with Crippen molar-refractivity contribution in [1.82, 2.24) is 5.32 Å². The molecule has 1 atom stereocenters. The van der Waals surface area contributed by atoms with E-state index in [1.165, 1.54) is 62.7 Å². The Bertz CT molecular complexity index is 473. The van der Waals surface area contributed by atoms with Gasteiger partial charge in [0, 0.05) is 0 Å². The fraction of sp³-hybridized carbons (Fsp3) is 0.700. The van der Waals surface area contributed by atoms with Gasteiger partial charge < -0.3 is 10.1 Å². The summed E-state index contributed by atoms with van der Waals surface area (Å²) in [4.78, 5) is 24.4. The van der Waals surface area contributed by atoms with Crippen LogP contribution in [0.2, 0.25) is 0 Å². The van der Waals surface area contributed by atoms with Crippen molar-refractivity contribution in [2.24, 2.45) is 0 Å². The van der Waals surface area contributed by atoms with E-state index in [9.17, 15) is 9.59 Å². The minimum Gasteiger partial charge on any atom is -0.464 e. The quantitative estimate of drug-likeness (QED) is 0.357. The lowest BCUT2D eigenvalue weighted by Gasteiger charge is -2.12. The monoisotopic (exact) mass is 367 g/mol. The van der Waals surface area contributed by atoms with Crippen LogP contribution in [0.4, 0.5) is 0 Å². The molecule has 25 heavy (non-hydrogen) atoms. The number of thiophene rings is 1. The molecule has 5 heteroatoms. The van der Waals surface area contributed by atoms with E-state index in [4.69, 9.17) is 4.74 Å². The van der Waals surface area contributed by atoms with Gasteiger partial charge in [-0.3, -0.25) is 4.79 Å². The highest BCUT2D eigenvalue weighted by molar-refractivity contribution is 7.12. The van der Waals surface area contributed by atoms with Crippen LogP contribution in [0.1, 0.15) is 87.7 Å². The number of carbonyl (C=O) groups is 2. The maximum atomic E-state index is 11.9. The van der Waals surface area contributed by atoms with E-state index in [1.54, 1.807) is 13.0 Å². The van der Waals surface area contributed by atoms with Crippen molar-refractivity contribution >= 4 is 23.2 Å². The fourth-order valence-electron chi connectivity index (χ4n) is 2.62. The van der Waals surface area contributed by atoms with Gasteiger partial charge in [-0.2, -0.15) is 0 Å². The summed E-state index contributed by atoms with van der Waals surface area (Å²) in [5.41, 5.74) is 0. The molecule has 1 aromatic rings. The van der Waals surface area contributed by atoms with Crippen LogP contribution in [0.25, 0.3) is 0 Å². The molecule has 1 unspecified atom stereocenters. The van der Waals surface area contributed by atoms with Crippen LogP contribution in [0, 0.1) is 0 Å². The smallest absolute Gasteiger partial charge is 0.328 e. The molecule has 1 aromatic heterocycles. The Morgan fingerprint density at radius 3 is 2.20 bits per heavy atom. The Morgan fingerprint density at radius 1 is 1.04 bits per heavy atom. The van der Waals surface area contributed by atoms with E-state index >= 15 is 0 Å². The van der Waals surface area contributed by atoms with Crippen molar-refractivity contribution in [2.75, 3.05) is 6.61 Å². The van der Waals surface area contributed by atoms with Gasteiger partial charge in [-0.25, -0.2) is 4.79 Å². The van der Waals surface area contributed by atoms with Gasteiger partial charge in [0.2, 0.25) is 0 Å². The maximum Gasteiger partial charge on any atom is 0.328 e. The third-order valence-electron chi connectivity index (χ3n) is 4.19. The molecule has 1 amide bonds. The Labute approximate surface area is 156 Å². The predicted octanol–water partition coefficient (Wildman–Crippen LogP) is 5.33. The number of carbonyl (C=O) groups excluding carboxylic acids is 2. The van der Waals surface area contributed by atoms with Crippen molar-refractivity contribution in [3.8, 4) is 0 Å². The summed E-state index contributed by atoms with van der Waals surface area (Å²) < 4.78 is 5.24. The molecular formula is C20H33NO3S. The van der Waals surface area contributed by atoms with E-state index in [1.807, 2.05) is 11.4 Å². The van der Waals surface area contributed by atoms with E-state index in [-0.39, 0.29) is 11.9 Å². The number of nitrogens with one attached hydrogen (secondary N) is 1. The Hall–Kier alpha value is -1.36. The lowest BCUT2D eigenvalue weighted by molar-refractivity contribution is -0.145. The predicted molar refractivity (Wildman–Crippen MR) is 104 cm³/mol. The van der Waals surface area contributed by atoms with Gasteiger partial charge in [-0.1, -0.05) is 70.8 Å². The zero-order chi connectivity index (χ0) is 18.3. The van der Waals surface area contributed by atoms with Gasteiger partial charge in [-0.15, -0.1) is 11.3 Å². The Kier molecular flexibility index (Phi) is 12.0. The first-order valence-corrected chi connectivity index (χ1v) is 10.5. The molecule has 1 N–H and O–H groups in total. The minimum absolute atomic E-state index is 0.224. The van der Waals surface area contributed by atoms with Crippen LogP contribution >= 0.6 is 11.3 Å². The zero-order valence-electron chi connectivity index (χ0n) is 15.7. The van der Waals surface area contributed by atoms with Crippen molar-refractivity contribution in [1.29, 1.82) is 0 Å². The van der Waals surface area contributed by atoms with Gasteiger partial charge in [0.25, 0.3) is 5.91 Å². The second-order valence-electron chi connectivity index (χ2n) is 6.52. The van der Waals surface area contributed by atoms with Crippen LogP contribution in [0.3, 0.4) is 0 Å². The molecule has 0 bridgehead atoms. The van der Waals surface area contributed by atoms with Crippen LogP contribution in [0.15, 0.2) is 17.5 Å². The average molecular weight is 368 g/mol. The second-order valence-corrected chi connectivity index (χ2v) is 7.47. The molecule has 0 saturated heterocycles. The van der Waals surface area contributed by atoms with Crippen LogP contribution in [-0.4, -0.2) is 24.5 Å². The SMILES string of the molecule is CCCCCCCCCCCCOC(=O)C(C)NC(=O)c1cccs1. The molecule has 0 saturated carbocycles. The topological polar surface area (TPSA) is 55.4 Å². The number of unbranched alkanes of at least 4 members (excludes halogenated alkanes) is 9. The lowest BCUT2D eigenvalue weighted by Crippen LogP contribution is -2.39. The number of ether oxygens (including phenoxy) is 1. The molecule has 0 aliphatic heterocycles. The van der Waals surface area contributed by atoms with E-state index in [0.717, 1.165) is 12.8 Å². The maximum absolute atomic E-state index is 11.9. The summed E-state index contributed by atoms with van der Waals surface area (Å²) in [6.07, 6.45) is 12.5.